The number of nitrogens with zero attached hydrogens (tertiary/aromatic N) is 1. The number of hydrogen-bond acceptors (Lipinski definition) is 1. The van der Waals surface area contributed by atoms with Crippen molar-refractivity contribution in [2.75, 3.05) is 11.9 Å². The number of rotatable bonds is 4. The Labute approximate surface area is 143 Å². The Morgan fingerprint density at radius 3 is 2.52 bits per heavy atom. The van der Waals surface area contributed by atoms with Gasteiger partial charge in [-0.3, -0.25) is 0 Å². The van der Waals surface area contributed by atoms with Gasteiger partial charge in [-0.2, -0.15) is 0 Å². The van der Waals surface area contributed by atoms with Gasteiger partial charge < -0.3 is 0 Å². The first-order chi connectivity index (χ1) is 9.97. The van der Waals surface area contributed by atoms with Gasteiger partial charge in [0.1, 0.15) is 0 Å². The van der Waals surface area contributed by atoms with Crippen LogP contribution >= 0.6 is 31.0 Å². The van der Waals surface area contributed by atoms with Crippen molar-refractivity contribution >= 4 is 41.3 Å². The molecule has 0 aliphatic carbocycles. The molecule has 1 nitrogen and oxygen atoms in total. The van der Waals surface area contributed by atoms with Crippen molar-refractivity contribution in [2.24, 2.45) is 0 Å². The van der Waals surface area contributed by atoms with Crippen LogP contribution in [0.4, 0.5) is 5.69 Å². The van der Waals surface area contributed by atoms with Crippen molar-refractivity contribution < 1.29 is 13.5 Å². The van der Waals surface area contributed by atoms with Crippen molar-refractivity contribution in [1.82, 2.24) is 0 Å². The second kappa shape index (κ2) is 7.74. The van der Waals surface area contributed by atoms with Gasteiger partial charge in [0.15, 0.2) is 0 Å². The Bertz CT molecular complexity index is 666. The van der Waals surface area contributed by atoms with E-state index in [4.69, 9.17) is 31.0 Å². The van der Waals surface area contributed by atoms with Gasteiger partial charge >= 0.3 is 144 Å². The molecule has 5 heteroatoms. The van der Waals surface area contributed by atoms with Crippen LogP contribution in [0.5, 0.6) is 0 Å². The molecule has 0 saturated carbocycles. The molecule has 2 aromatic rings. The molecule has 0 aliphatic heterocycles. The second-order valence-corrected chi connectivity index (χ2v) is 11.0. The summed E-state index contributed by atoms with van der Waals surface area (Å²) < 4.78 is 1.93. The van der Waals surface area contributed by atoms with E-state index in [2.05, 4.69) is 43.1 Å². The summed E-state index contributed by atoms with van der Waals surface area (Å²) in [5.74, 6) is 0. The summed E-state index contributed by atoms with van der Waals surface area (Å²) in [6, 6.07) is 14.2. The third kappa shape index (κ3) is 4.79. The quantitative estimate of drug-likeness (QED) is 0.591. The molecule has 114 valence electrons. The molecule has 0 amide bonds. The van der Waals surface area contributed by atoms with E-state index < -0.39 is 13.5 Å². The van der Waals surface area contributed by atoms with Crippen LogP contribution in [0.3, 0.4) is 0 Å². The normalized spacial score (nSPS) is 11.2. The van der Waals surface area contributed by atoms with Crippen LogP contribution in [0.2, 0.25) is 5.02 Å². The van der Waals surface area contributed by atoms with Crippen LogP contribution in [0, 0.1) is 6.92 Å². The van der Waals surface area contributed by atoms with Crippen LogP contribution in [-0.4, -0.2) is 11.7 Å². The molecule has 0 atom stereocenters. The van der Waals surface area contributed by atoms with Gasteiger partial charge in [-0.05, 0) is 0 Å². The van der Waals surface area contributed by atoms with Gasteiger partial charge in [-0.25, -0.2) is 0 Å². The average molecular weight is 430 g/mol. The SMILES string of the molecule is Cc1ccccc1CN(C)c1ccc(Cl)cc1[CH]=[Ru]([Cl])[Cl]. The molecule has 2 rings (SSSR count). The van der Waals surface area contributed by atoms with E-state index in [1.165, 1.54) is 11.1 Å². The minimum atomic E-state index is -1.89. The first-order valence-corrected chi connectivity index (χ1v) is 12.2. The summed E-state index contributed by atoms with van der Waals surface area (Å²) in [7, 11) is 14.1. The van der Waals surface area contributed by atoms with E-state index >= 15 is 0 Å². The van der Waals surface area contributed by atoms with Crippen molar-refractivity contribution in [3.05, 3.63) is 64.2 Å². The molecule has 0 aromatic heterocycles. The van der Waals surface area contributed by atoms with Gasteiger partial charge in [0.05, 0.1) is 0 Å². The molecule has 0 aliphatic rings. The Balaban J connectivity index is 2.33. The van der Waals surface area contributed by atoms with Gasteiger partial charge in [-0.1, -0.05) is 0 Å². The topological polar surface area (TPSA) is 3.24 Å². The van der Waals surface area contributed by atoms with E-state index in [0.29, 0.717) is 5.02 Å². The first kappa shape index (κ1) is 17.0. The maximum absolute atomic E-state index is 6.08. The molecule has 0 bridgehead atoms. The van der Waals surface area contributed by atoms with Crippen molar-refractivity contribution in [3.63, 3.8) is 0 Å². The molecule has 0 spiro atoms. The second-order valence-electron chi connectivity index (χ2n) is 4.79. The summed E-state index contributed by atoms with van der Waals surface area (Å²) in [6.07, 6.45) is 0. The zero-order valence-electron chi connectivity index (χ0n) is 11.8. The summed E-state index contributed by atoms with van der Waals surface area (Å²) in [5, 5.41) is 0.693. The molecular weight excluding hydrogens is 414 g/mol. The molecular formula is C16H16Cl3NRu. The predicted octanol–water partition coefficient (Wildman–Crippen LogP) is 5.36. The summed E-state index contributed by atoms with van der Waals surface area (Å²) in [4.78, 5) is 2.19. The summed E-state index contributed by atoms with van der Waals surface area (Å²) in [5.41, 5.74) is 4.67. The average Bonchev–Trinajstić information content (AvgIpc) is 2.40. The molecule has 0 N–H and O–H groups in total. The maximum atomic E-state index is 6.08. The van der Waals surface area contributed by atoms with E-state index in [1.54, 1.807) is 0 Å². The monoisotopic (exact) mass is 429 g/mol. The number of benzene rings is 2. The van der Waals surface area contributed by atoms with E-state index in [9.17, 15) is 0 Å². The van der Waals surface area contributed by atoms with Crippen LogP contribution in [0.15, 0.2) is 42.5 Å². The Kier molecular flexibility index (Phi) is 6.25. The van der Waals surface area contributed by atoms with Crippen molar-refractivity contribution in [2.45, 2.75) is 13.5 Å². The minimum absolute atomic E-state index is 0.693. The molecule has 0 fully saturated rings. The zero-order valence-corrected chi connectivity index (χ0v) is 15.8. The fourth-order valence-corrected chi connectivity index (χ4v) is 4.14. The fraction of sp³-hybridized carbons (Fsp3) is 0.188. The van der Waals surface area contributed by atoms with Gasteiger partial charge in [0.25, 0.3) is 0 Å². The third-order valence-electron chi connectivity index (χ3n) is 3.26. The zero-order chi connectivity index (χ0) is 15.4. The molecule has 0 unspecified atom stereocenters. The van der Waals surface area contributed by atoms with Crippen molar-refractivity contribution in [3.8, 4) is 0 Å². The van der Waals surface area contributed by atoms with Crippen LogP contribution in [0.25, 0.3) is 0 Å². The van der Waals surface area contributed by atoms with Crippen LogP contribution in [0.1, 0.15) is 16.7 Å². The summed E-state index contributed by atoms with van der Waals surface area (Å²) in [6.45, 7) is 2.95. The molecule has 0 radical (unpaired) electrons. The fourth-order valence-electron chi connectivity index (χ4n) is 2.17. The molecule has 0 saturated heterocycles. The Hall–Kier alpha value is -0.397. The number of hydrogen-bond donors (Lipinski definition) is 0. The third-order valence-corrected chi connectivity index (χ3v) is 5.32. The summed E-state index contributed by atoms with van der Waals surface area (Å²) >= 11 is 4.19. The van der Waals surface area contributed by atoms with Crippen molar-refractivity contribution in [1.29, 1.82) is 0 Å². The van der Waals surface area contributed by atoms with Crippen LogP contribution < -0.4 is 4.90 Å². The predicted molar refractivity (Wildman–Crippen MR) is 91.6 cm³/mol. The first-order valence-electron chi connectivity index (χ1n) is 6.36. The van der Waals surface area contributed by atoms with E-state index in [1.807, 2.05) is 22.8 Å². The van der Waals surface area contributed by atoms with Gasteiger partial charge in [0.2, 0.25) is 0 Å². The van der Waals surface area contributed by atoms with Gasteiger partial charge in [0, 0.05) is 0 Å². The number of aryl methyl sites for hydroxylation is 1. The standard InChI is InChI=1S/C16H16ClN.2ClH.Ru/c1-12-6-4-5-7-14(12)11-18(3)16-9-8-15(17)10-13(16)2;;;/h2,4-10H,11H2,1,3H3;2*1H;/q;;;+2/p-2. The molecule has 21 heavy (non-hydrogen) atoms. The van der Waals surface area contributed by atoms with E-state index in [-0.39, 0.29) is 0 Å². The Morgan fingerprint density at radius 1 is 1.14 bits per heavy atom. The molecule has 0 heterocycles. The van der Waals surface area contributed by atoms with Crippen LogP contribution in [-0.2, 0) is 20.1 Å². The Morgan fingerprint density at radius 2 is 1.86 bits per heavy atom. The number of anilines is 1. The van der Waals surface area contributed by atoms with Gasteiger partial charge in [-0.15, -0.1) is 0 Å². The number of halogens is 3. The molecule has 2 aromatic carbocycles. The van der Waals surface area contributed by atoms with E-state index in [0.717, 1.165) is 17.8 Å².